The molecule has 0 fully saturated rings. The van der Waals surface area contributed by atoms with Crippen molar-refractivity contribution >= 4 is 32.4 Å². The molecule has 0 saturated heterocycles. The Hall–Kier alpha value is -6.45. The Labute approximate surface area is 286 Å². The molecule has 0 N–H and O–H groups in total. The van der Waals surface area contributed by atoms with Crippen molar-refractivity contribution in [1.29, 1.82) is 0 Å². The summed E-state index contributed by atoms with van der Waals surface area (Å²) in [5.74, 6) is -1.14. The quantitative estimate of drug-likeness (QED) is 0.187. The first kappa shape index (κ1) is 27.5. The molecule has 0 radical (unpaired) electrons. The Balaban J connectivity index is 1.28. The highest BCUT2D eigenvalue weighted by Crippen LogP contribution is 2.59. The molecule has 1 aromatic heterocycles. The fourth-order valence-electron chi connectivity index (χ4n) is 8.85. The lowest BCUT2D eigenvalue weighted by molar-refractivity contribution is 0.587. The highest BCUT2D eigenvalue weighted by molar-refractivity contribution is 6.29. The average molecular weight is 642 g/mol. The number of pyridine rings is 1. The van der Waals surface area contributed by atoms with E-state index < -0.39 is 11.6 Å². The van der Waals surface area contributed by atoms with Gasteiger partial charge in [-0.1, -0.05) is 121 Å². The van der Waals surface area contributed by atoms with E-state index in [0.717, 1.165) is 44.6 Å². The number of halogens is 2. The SMILES string of the molecule is Fc1cc(F)c2c(c1)-c1c(-c3ccc4c5c(cccc35)-c3c-4c(-c4ccccc4)c4ccccc4c3-c3ccccc3)ccc3nccc-2c13. The maximum Gasteiger partial charge on any atom is 0.134 e. The molecule has 2 aliphatic carbocycles. The van der Waals surface area contributed by atoms with Crippen LogP contribution >= 0.6 is 0 Å². The van der Waals surface area contributed by atoms with Crippen LogP contribution in [-0.4, -0.2) is 4.98 Å². The first-order valence-corrected chi connectivity index (χ1v) is 16.9. The zero-order chi connectivity index (χ0) is 33.1. The van der Waals surface area contributed by atoms with Crippen LogP contribution in [-0.2, 0) is 0 Å². The third-order valence-corrected chi connectivity index (χ3v) is 10.7. The van der Waals surface area contributed by atoms with Gasteiger partial charge in [0.15, 0.2) is 0 Å². The van der Waals surface area contributed by atoms with E-state index in [0.29, 0.717) is 11.1 Å². The molecule has 9 aromatic rings. The molecule has 0 bridgehead atoms. The summed E-state index contributed by atoms with van der Waals surface area (Å²) in [7, 11) is 0. The van der Waals surface area contributed by atoms with Gasteiger partial charge >= 0.3 is 0 Å². The standard InChI is InChI=1S/C47H25F2N/c48-28-24-37-43(38(49)25-28)36-22-23-50-39-21-20-33(44(37)45(36)39)29-18-19-35-42-30(29)16-9-17-34(42)46-40(26-10-3-1-4-11-26)31-14-7-8-15-32(31)41(47(35)46)27-12-5-2-6-13-27/h1-25H. The summed E-state index contributed by atoms with van der Waals surface area (Å²) in [5, 5.41) is 5.58. The third kappa shape index (κ3) is 3.56. The molecule has 232 valence electrons. The Morgan fingerprint density at radius 2 is 0.940 bits per heavy atom. The minimum atomic E-state index is -0.588. The van der Waals surface area contributed by atoms with E-state index in [9.17, 15) is 4.39 Å². The van der Waals surface area contributed by atoms with Crippen LogP contribution in [0.1, 0.15) is 0 Å². The van der Waals surface area contributed by atoms with Gasteiger partial charge in [-0.2, -0.15) is 0 Å². The molecule has 0 aliphatic heterocycles. The van der Waals surface area contributed by atoms with Crippen LogP contribution < -0.4 is 0 Å². The molecule has 0 amide bonds. The van der Waals surface area contributed by atoms with Crippen LogP contribution in [0.4, 0.5) is 8.78 Å². The zero-order valence-electron chi connectivity index (χ0n) is 26.6. The summed E-state index contributed by atoms with van der Waals surface area (Å²) in [5.41, 5.74) is 15.0. The molecule has 1 nitrogen and oxygen atoms in total. The number of fused-ring (bicyclic) bond motifs is 7. The van der Waals surface area contributed by atoms with Crippen molar-refractivity contribution in [2.24, 2.45) is 0 Å². The van der Waals surface area contributed by atoms with Gasteiger partial charge in [-0.15, -0.1) is 0 Å². The molecule has 0 atom stereocenters. The van der Waals surface area contributed by atoms with E-state index in [1.165, 1.54) is 66.7 Å². The summed E-state index contributed by atoms with van der Waals surface area (Å²) < 4.78 is 30.4. The van der Waals surface area contributed by atoms with Crippen LogP contribution in [0.5, 0.6) is 0 Å². The van der Waals surface area contributed by atoms with Gasteiger partial charge in [-0.05, 0) is 107 Å². The van der Waals surface area contributed by atoms with Gasteiger partial charge in [0, 0.05) is 28.8 Å². The van der Waals surface area contributed by atoms with Gasteiger partial charge in [0.2, 0.25) is 0 Å². The molecule has 0 unspecified atom stereocenters. The largest absolute Gasteiger partial charge is 0.256 e. The van der Waals surface area contributed by atoms with Gasteiger partial charge in [0.1, 0.15) is 11.6 Å². The Kier molecular flexibility index (Phi) is 5.52. The lowest BCUT2D eigenvalue weighted by Gasteiger charge is -2.20. The molecule has 8 aromatic carbocycles. The molecular weight excluding hydrogens is 617 g/mol. The molecule has 2 aliphatic rings. The van der Waals surface area contributed by atoms with Gasteiger partial charge in [-0.25, -0.2) is 8.78 Å². The number of benzene rings is 8. The first-order chi connectivity index (χ1) is 24.7. The molecule has 50 heavy (non-hydrogen) atoms. The normalized spacial score (nSPS) is 12.2. The average Bonchev–Trinajstić information content (AvgIpc) is 3.67. The second kappa shape index (κ2) is 10.0. The summed E-state index contributed by atoms with van der Waals surface area (Å²) in [6, 6.07) is 49.5. The van der Waals surface area contributed by atoms with Crippen molar-refractivity contribution in [1.82, 2.24) is 4.98 Å². The smallest absolute Gasteiger partial charge is 0.134 e. The molecule has 11 rings (SSSR count). The Bertz CT molecular complexity index is 2840. The van der Waals surface area contributed by atoms with Gasteiger partial charge in [-0.3, -0.25) is 4.98 Å². The topological polar surface area (TPSA) is 12.9 Å². The van der Waals surface area contributed by atoms with Crippen molar-refractivity contribution in [2.45, 2.75) is 0 Å². The molecule has 0 spiro atoms. The predicted molar refractivity (Wildman–Crippen MR) is 202 cm³/mol. The summed E-state index contributed by atoms with van der Waals surface area (Å²) in [6.45, 7) is 0. The van der Waals surface area contributed by atoms with E-state index in [4.69, 9.17) is 0 Å². The minimum Gasteiger partial charge on any atom is -0.256 e. The van der Waals surface area contributed by atoms with Gasteiger partial charge in [0.25, 0.3) is 0 Å². The lowest BCUT2D eigenvalue weighted by Crippen LogP contribution is -1.93. The van der Waals surface area contributed by atoms with Crippen molar-refractivity contribution < 1.29 is 8.78 Å². The zero-order valence-corrected chi connectivity index (χ0v) is 26.6. The molecule has 1 heterocycles. The van der Waals surface area contributed by atoms with Crippen LogP contribution in [0.15, 0.2) is 152 Å². The molecular formula is C47H25F2N. The predicted octanol–water partition coefficient (Wildman–Crippen LogP) is 13.1. The fourth-order valence-corrected chi connectivity index (χ4v) is 8.85. The monoisotopic (exact) mass is 641 g/mol. The summed E-state index contributed by atoms with van der Waals surface area (Å²) in [6.07, 6.45) is 1.70. The Morgan fingerprint density at radius 1 is 0.360 bits per heavy atom. The van der Waals surface area contributed by atoms with Crippen LogP contribution in [0.2, 0.25) is 0 Å². The van der Waals surface area contributed by atoms with E-state index in [1.807, 2.05) is 12.1 Å². The van der Waals surface area contributed by atoms with Crippen molar-refractivity contribution in [3.63, 3.8) is 0 Å². The van der Waals surface area contributed by atoms with E-state index in [1.54, 1.807) is 6.20 Å². The van der Waals surface area contributed by atoms with E-state index in [-0.39, 0.29) is 0 Å². The highest BCUT2D eigenvalue weighted by atomic mass is 19.1. The fraction of sp³-hybridized carbons (Fsp3) is 0. The van der Waals surface area contributed by atoms with Gasteiger partial charge < -0.3 is 0 Å². The minimum absolute atomic E-state index is 0.436. The molecule has 3 heteroatoms. The summed E-state index contributed by atoms with van der Waals surface area (Å²) in [4.78, 5) is 4.63. The third-order valence-electron chi connectivity index (χ3n) is 10.7. The number of hydrogen-bond donors (Lipinski definition) is 0. The van der Waals surface area contributed by atoms with Crippen molar-refractivity contribution in [2.75, 3.05) is 0 Å². The maximum absolute atomic E-state index is 15.5. The maximum atomic E-state index is 15.5. The summed E-state index contributed by atoms with van der Waals surface area (Å²) >= 11 is 0. The number of aromatic nitrogens is 1. The number of rotatable bonds is 3. The Morgan fingerprint density at radius 3 is 1.64 bits per heavy atom. The van der Waals surface area contributed by atoms with E-state index >= 15 is 4.39 Å². The van der Waals surface area contributed by atoms with Crippen LogP contribution in [0.3, 0.4) is 0 Å². The van der Waals surface area contributed by atoms with E-state index in [2.05, 4.69) is 126 Å². The second-order valence-electron chi connectivity index (χ2n) is 13.2. The van der Waals surface area contributed by atoms with Crippen LogP contribution in [0, 0.1) is 11.6 Å². The highest BCUT2D eigenvalue weighted by Gasteiger charge is 2.33. The van der Waals surface area contributed by atoms with Crippen LogP contribution in [0.25, 0.3) is 110 Å². The lowest BCUT2D eigenvalue weighted by atomic mass is 9.82. The second-order valence-corrected chi connectivity index (χ2v) is 13.2. The molecule has 0 saturated carbocycles. The number of nitrogens with zero attached hydrogens (tertiary/aromatic N) is 1. The van der Waals surface area contributed by atoms with Crippen molar-refractivity contribution in [3.8, 4) is 77.9 Å². The van der Waals surface area contributed by atoms with Gasteiger partial charge in [0.05, 0.1) is 5.52 Å². The van der Waals surface area contributed by atoms with Crippen molar-refractivity contribution in [3.05, 3.63) is 163 Å². The first-order valence-electron chi connectivity index (χ1n) is 16.9. The number of hydrogen-bond acceptors (Lipinski definition) is 1.